The molecule has 1 aliphatic heterocycles. The molecule has 2 heterocycles. The Morgan fingerprint density at radius 3 is 2.61 bits per heavy atom. The van der Waals surface area contributed by atoms with Crippen molar-refractivity contribution in [3.63, 3.8) is 0 Å². The smallest absolute Gasteiger partial charge is 0.258 e. The maximum absolute atomic E-state index is 13.2. The van der Waals surface area contributed by atoms with Gasteiger partial charge in [-0.3, -0.25) is 9.69 Å². The molecule has 0 atom stereocenters. The molecule has 0 aliphatic carbocycles. The third-order valence-corrected chi connectivity index (χ3v) is 5.52. The lowest BCUT2D eigenvalue weighted by Crippen LogP contribution is -2.37. The third-order valence-electron chi connectivity index (χ3n) is 5.21. The highest BCUT2D eigenvalue weighted by Gasteiger charge is 2.21. The minimum Gasteiger partial charge on any atom is -0.474 e. The van der Waals surface area contributed by atoms with Gasteiger partial charge in [0.05, 0.1) is 10.6 Å². The number of nitrogens with one attached hydrogen (secondary N) is 1. The normalized spacial score (nSPS) is 14.9. The van der Waals surface area contributed by atoms with Gasteiger partial charge in [0.25, 0.3) is 5.91 Å². The average molecular weight is 440 g/mol. The summed E-state index contributed by atoms with van der Waals surface area (Å²) in [6, 6.07) is 19.3. The van der Waals surface area contributed by atoms with Crippen LogP contribution in [-0.4, -0.2) is 35.0 Å². The number of rotatable bonds is 6. The zero-order chi connectivity index (χ0) is 21.6. The maximum Gasteiger partial charge on any atom is 0.258 e. The molecule has 0 spiro atoms. The van der Waals surface area contributed by atoms with Gasteiger partial charge in [0, 0.05) is 25.7 Å². The van der Waals surface area contributed by atoms with E-state index in [0.29, 0.717) is 11.7 Å². The summed E-state index contributed by atoms with van der Waals surface area (Å²) in [6.45, 7) is 2.86. The van der Waals surface area contributed by atoms with E-state index in [2.05, 4.69) is 39.5 Å². The van der Waals surface area contributed by atoms with Crippen LogP contribution in [0.1, 0.15) is 28.8 Å². The van der Waals surface area contributed by atoms with E-state index in [-0.39, 0.29) is 16.7 Å². The first-order chi connectivity index (χ1) is 15.1. The Kier molecular flexibility index (Phi) is 6.79. The van der Waals surface area contributed by atoms with E-state index < -0.39 is 11.7 Å². The van der Waals surface area contributed by atoms with Crippen molar-refractivity contribution in [1.82, 2.24) is 9.88 Å². The SMILES string of the molecule is O=C(Nc1cccc(OC2CCN(Cc3ccccc3)CC2)n1)c1ccc(F)cc1Cl. The molecule has 1 aliphatic rings. The molecule has 0 bridgehead atoms. The molecule has 7 heteroatoms. The Hall–Kier alpha value is -2.96. The molecule has 0 saturated carbocycles. The van der Waals surface area contributed by atoms with Gasteiger partial charge in [-0.1, -0.05) is 48.0 Å². The van der Waals surface area contributed by atoms with E-state index in [4.69, 9.17) is 16.3 Å². The van der Waals surface area contributed by atoms with Gasteiger partial charge in [-0.25, -0.2) is 4.39 Å². The van der Waals surface area contributed by atoms with Crippen LogP contribution in [0, 0.1) is 5.82 Å². The summed E-state index contributed by atoms with van der Waals surface area (Å²) >= 11 is 5.96. The van der Waals surface area contributed by atoms with E-state index in [9.17, 15) is 9.18 Å². The molecule has 4 rings (SSSR count). The molecular formula is C24H23ClFN3O2. The van der Waals surface area contributed by atoms with Crippen molar-refractivity contribution in [1.29, 1.82) is 0 Å². The molecule has 5 nitrogen and oxygen atoms in total. The van der Waals surface area contributed by atoms with Crippen LogP contribution in [0.4, 0.5) is 10.2 Å². The molecule has 1 aromatic heterocycles. The summed E-state index contributed by atoms with van der Waals surface area (Å²) in [5.74, 6) is -0.136. The number of benzene rings is 2. The van der Waals surface area contributed by atoms with Crippen molar-refractivity contribution in [2.45, 2.75) is 25.5 Å². The summed E-state index contributed by atoms with van der Waals surface area (Å²) in [7, 11) is 0. The number of likely N-dealkylation sites (tertiary alicyclic amines) is 1. The van der Waals surface area contributed by atoms with Crippen LogP contribution in [0.15, 0.2) is 66.7 Å². The Morgan fingerprint density at radius 2 is 1.87 bits per heavy atom. The number of pyridine rings is 1. The standard InChI is InChI=1S/C24H23ClFN3O2/c25-21-15-18(26)9-10-20(21)24(30)28-22-7-4-8-23(27-22)31-19-11-13-29(14-12-19)16-17-5-2-1-3-6-17/h1-10,15,19H,11-14,16H2,(H,27,28,30). The fraction of sp³-hybridized carbons (Fsp3) is 0.250. The van der Waals surface area contributed by atoms with Crippen molar-refractivity contribution in [3.05, 3.63) is 88.7 Å². The molecule has 0 unspecified atom stereocenters. The van der Waals surface area contributed by atoms with Crippen LogP contribution in [0.2, 0.25) is 5.02 Å². The highest BCUT2D eigenvalue weighted by molar-refractivity contribution is 6.34. The monoisotopic (exact) mass is 439 g/mol. The average Bonchev–Trinajstić information content (AvgIpc) is 2.76. The summed E-state index contributed by atoms with van der Waals surface area (Å²) in [5, 5.41) is 2.73. The van der Waals surface area contributed by atoms with E-state index in [1.54, 1.807) is 18.2 Å². The summed E-state index contributed by atoms with van der Waals surface area (Å²) in [4.78, 5) is 19.2. The molecular weight excluding hydrogens is 417 g/mol. The largest absolute Gasteiger partial charge is 0.474 e. The first-order valence-corrected chi connectivity index (χ1v) is 10.6. The van der Waals surface area contributed by atoms with Crippen LogP contribution in [0.3, 0.4) is 0 Å². The number of carbonyl (C=O) groups is 1. The number of carbonyl (C=O) groups excluding carboxylic acids is 1. The van der Waals surface area contributed by atoms with Crippen molar-refractivity contribution < 1.29 is 13.9 Å². The zero-order valence-electron chi connectivity index (χ0n) is 16.9. The van der Waals surface area contributed by atoms with Gasteiger partial charge in [0.1, 0.15) is 17.7 Å². The van der Waals surface area contributed by atoms with Gasteiger partial charge >= 0.3 is 0 Å². The highest BCUT2D eigenvalue weighted by Crippen LogP contribution is 2.22. The predicted molar refractivity (Wildman–Crippen MR) is 119 cm³/mol. The number of ether oxygens (including phenoxy) is 1. The molecule has 1 fully saturated rings. The number of hydrogen-bond acceptors (Lipinski definition) is 4. The maximum atomic E-state index is 13.2. The van der Waals surface area contributed by atoms with Crippen LogP contribution in [-0.2, 0) is 6.54 Å². The van der Waals surface area contributed by atoms with Crippen LogP contribution in [0.25, 0.3) is 0 Å². The second-order valence-corrected chi connectivity index (χ2v) is 7.93. The predicted octanol–water partition coefficient (Wildman–Crippen LogP) is 5.17. The van der Waals surface area contributed by atoms with Gasteiger partial charge < -0.3 is 10.1 Å². The van der Waals surface area contributed by atoms with Crippen LogP contribution in [0.5, 0.6) is 5.88 Å². The van der Waals surface area contributed by atoms with E-state index in [1.165, 1.54) is 17.7 Å². The first-order valence-electron chi connectivity index (χ1n) is 10.2. The quantitative estimate of drug-likeness (QED) is 0.575. The number of amides is 1. The Balaban J connectivity index is 1.31. The lowest BCUT2D eigenvalue weighted by molar-refractivity contribution is 0.0933. The van der Waals surface area contributed by atoms with Gasteiger partial charge in [-0.05, 0) is 42.7 Å². The lowest BCUT2D eigenvalue weighted by atomic mass is 10.1. The van der Waals surface area contributed by atoms with Crippen LogP contribution >= 0.6 is 11.6 Å². The summed E-state index contributed by atoms with van der Waals surface area (Å²) in [5.41, 5.74) is 1.50. The van der Waals surface area contributed by atoms with Gasteiger partial charge in [0.15, 0.2) is 0 Å². The van der Waals surface area contributed by atoms with E-state index in [0.717, 1.165) is 38.5 Å². The van der Waals surface area contributed by atoms with Crippen molar-refractivity contribution in [3.8, 4) is 5.88 Å². The molecule has 160 valence electrons. The number of nitrogens with zero attached hydrogens (tertiary/aromatic N) is 2. The molecule has 3 aromatic rings. The lowest BCUT2D eigenvalue weighted by Gasteiger charge is -2.31. The molecule has 1 N–H and O–H groups in total. The number of hydrogen-bond donors (Lipinski definition) is 1. The number of anilines is 1. The molecule has 1 saturated heterocycles. The second-order valence-electron chi connectivity index (χ2n) is 7.52. The minimum absolute atomic E-state index is 0.0483. The fourth-order valence-corrected chi connectivity index (χ4v) is 3.86. The van der Waals surface area contributed by atoms with Crippen molar-refractivity contribution in [2.24, 2.45) is 0 Å². The fourth-order valence-electron chi connectivity index (χ4n) is 3.60. The van der Waals surface area contributed by atoms with Crippen molar-refractivity contribution >= 4 is 23.3 Å². The molecule has 0 radical (unpaired) electrons. The summed E-state index contributed by atoms with van der Waals surface area (Å²) in [6.07, 6.45) is 1.91. The summed E-state index contributed by atoms with van der Waals surface area (Å²) < 4.78 is 19.3. The van der Waals surface area contributed by atoms with E-state index >= 15 is 0 Å². The third kappa shape index (κ3) is 5.81. The molecule has 1 amide bonds. The number of piperidine rings is 1. The Morgan fingerprint density at radius 1 is 1.10 bits per heavy atom. The first kappa shape index (κ1) is 21.3. The van der Waals surface area contributed by atoms with Crippen LogP contribution < -0.4 is 10.1 Å². The Bertz CT molecular complexity index is 1040. The highest BCUT2D eigenvalue weighted by atomic mass is 35.5. The van der Waals surface area contributed by atoms with Gasteiger partial charge in [0.2, 0.25) is 5.88 Å². The molecule has 31 heavy (non-hydrogen) atoms. The second kappa shape index (κ2) is 9.90. The minimum atomic E-state index is -0.495. The van der Waals surface area contributed by atoms with E-state index in [1.807, 2.05) is 6.07 Å². The zero-order valence-corrected chi connectivity index (χ0v) is 17.7. The molecule has 2 aromatic carbocycles. The van der Waals surface area contributed by atoms with Gasteiger partial charge in [-0.15, -0.1) is 0 Å². The number of halogens is 2. The topological polar surface area (TPSA) is 54.5 Å². The van der Waals surface area contributed by atoms with Gasteiger partial charge in [-0.2, -0.15) is 4.98 Å². The number of aromatic nitrogens is 1. The Labute approximate surface area is 185 Å². The van der Waals surface area contributed by atoms with Crippen molar-refractivity contribution in [2.75, 3.05) is 18.4 Å².